The molecule has 2 aromatic rings. The summed E-state index contributed by atoms with van der Waals surface area (Å²) < 4.78 is 0. The van der Waals surface area contributed by atoms with Crippen molar-refractivity contribution in [2.24, 2.45) is 0 Å². The van der Waals surface area contributed by atoms with E-state index in [1.165, 1.54) is 0 Å². The lowest BCUT2D eigenvalue weighted by Crippen LogP contribution is -2.15. The number of hydrogen-bond acceptors (Lipinski definition) is 6. The molecular formula is C19H19NO5. The number of nitrogens with one attached hydrogen (secondary N) is 1. The quantitative estimate of drug-likeness (QED) is 0.494. The topological polar surface area (TPSA) is 81.7 Å². The molecule has 0 aliphatic rings. The fourth-order valence-electron chi connectivity index (χ4n) is 2.36. The Morgan fingerprint density at radius 2 is 1.56 bits per heavy atom. The standard InChI is InChI=1S/C19H19NO5/c1-3-20-17-11-7-6-10-16(17)19(23)15-9-5-4-8-14(15)12-18(22)25-24-13(2)21/h4-11,20H,3,12H2,1-2H3. The second kappa shape index (κ2) is 8.63. The third kappa shape index (κ3) is 4.91. The molecule has 0 saturated carbocycles. The van der Waals surface area contributed by atoms with Crippen molar-refractivity contribution in [2.45, 2.75) is 20.3 Å². The van der Waals surface area contributed by atoms with Gasteiger partial charge in [-0.1, -0.05) is 36.4 Å². The Balaban J connectivity index is 2.27. The zero-order valence-electron chi connectivity index (χ0n) is 14.1. The molecule has 25 heavy (non-hydrogen) atoms. The van der Waals surface area contributed by atoms with Gasteiger partial charge in [0.05, 0.1) is 6.42 Å². The van der Waals surface area contributed by atoms with E-state index in [-0.39, 0.29) is 12.2 Å². The zero-order chi connectivity index (χ0) is 18.2. The van der Waals surface area contributed by atoms with Crippen LogP contribution in [0.2, 0.25) is 0 Å². The lowest BCUT2D eigenvalue weighted by atomic mass is 9.95. The van der Waals surface area contributed by atoms with E-state index in [2.05, 4.69) is 15.1 Å². The van der Waals surface area contributed by atoms with Gasteiger partial charge >= 0.3 is 11.9 Å². The SMILES string of the molecule is CCNc1ccccc1C(=O)c1ccccc1CC(=O)OOC(C)=O. The van der Waals surface area contributed by atoms with Crippen LogP contribution in [0.4, 0.5) is 5.69 Å². The predicted molar refractivity (Wildman–Crippen MR) is 92.0 cm³/mol. The van der Waals surface area contributed by atoms with E-state index in [1.54, 1.807) is 36.4 Å². The Bertz CT molecular complexity index is 785. The summed E-state index contributed by atoms with van der Waals surface area (Å²) in [6.45, 7) is 3.75. The van der Waals surface area contributed by atoms with Crippen molar-refractivity contribution >= 4 is 23.4 Å². The molecule has 0 saturated heterocycles. The maximum atomic E-state index is 12.9. The van der Waals surface area contributed by atoms with Crippen molar-refractivity contribution in [2.75, 3.05) is 11.9 Å². The van der Waals surface area contributed by atoms with Gasteiger partial charge in [0.25, 0.3) is 0 Å². The summed E-state index contributed by atoms with van der Waals surface area (Å²) in [5.41, 5.74) is 2.14. The summed E-state index contributed by atoms with van der Waals surface area (Å²) in [6, 6.07) is 14.0. The smallest absolute Gasteiger partial charge is 0.359 e. The average Bonchev–Trinajstić information content (AvgIpc) is 2.61. The van der Waals surface area contributed by atoms with Crippen LogP contribution in [-0.2, 0) is 25.8 Å². The fourth-order valence-corrected chi connectivity index (χ4v) is 2.36. The number of anilines is 1. The molecule has 130 valence electrons. The zero-order valence-corrected chi connectivity index (χ0v) is 14.1. The maximum absolute atomic E-state index is 12.9. The van der Waals surface area contributed by atoms with Gasteiger partial charge < -0.3 is 5.32 Å². The third-order valence-electron chi connectivity index (χ3n) is 3.39. The van der Waals surface area contributed by atoms with Gasteiger partial charge in [0.1, 0.15) is 0 Å². The molecule has 1 N–H and O–H groups in total. The van der Waals surface area contributed by atoms with E-state index in [1.807, 2.05) is 19.1 Å². The molecule has 2 aromatic carbocycles. The minimum Gasteiger partial charge on any atom is -0.385 e. The number of carbonyl (C=O) groups is 3. The first kappa shape index (κ1) is 18.2. The second-order valence-corrected chi connectivity index (χ2v) is 5.27. The molecule has 0 unspecified atom stereocenters. The van der Waals surface area contributed by atoms with Crippen LogP contribution in [0.3, 0.4) is 0 Å². The van der Waals surface area contributed by atoms with Gasteiger partial charge in [-0.25, -0.2) is 19.4 Å². The molecule has 0 atom stereocenters. The predicted octanol–water partition coefficient (Wildman–Crippen LogP) is 2.91. The number of rotatable bonds is 6. The third-order valence-corrected chi connectivity index (χ3v) is 3.39. The van der Waals surface area contributed by atoms with Crippen molar-refractivity contribution in [3.05, 3.63) is 65.2 Å². The van der Waals surface area contributed by atoms with Gasteiger partial charge in [-0.15, -0.1) is 0 Å². The van der Waals surface area contributed by atoms with Crippen LogP contribution in [0.25, 0.3) is 0 Å². The minimum atomic E-state index is -0.754. The Hall–Kier alpha value is -3.15. The number of ketones is 1. The number of hydrogen-bond donors (Lipinski definition) is 1. The van der Waals surface area contributed by atoms with Crippen molar-refractivity contribution in [3.8, 4) is 0 Å². The van der Waals surface area contributed by atoms with E-state index in [0.717, 1.165) is 12.6 Å². The first-order chi connectivity index (χ1) is 12.0. The number of benzene rings is 2. The highest BCUT2D eigenvalue weighted by atomic mass is 17.2. The Morgan fingerprint density at radius 3 is 2.24 bits per heavy atom. The number of para-hydroxylation sites is 1. The van der Waals surface area contributed by atoms with Gasteiger partial charge in [-0.2, -0.15) is 0 Å². The molecule has 2 rings (SSSR count). The molecule has 0 aromatic heterocycles. The molecule has 6 nitrogen and oxygen atoms in total. The van der Waals surface area contributed by atoms with E-state index in [9.17, 15) is 14.4 Å². The largest absolute Gasteiger partial charge is 0.385 e. The minimum absolute atomic E-state index is 0.182. The van der Waals surface area contributed by atoms with Crippen LogP contribution in [0.1, 0.15) is 35.3 Å². The highest BCUT2D eigenvalue weighted by Gasteiger charge is 2.19. The summed E-state index contributed by atoms with van der Waals surface area (Å²) in [4.78, 5) is 44.0. The monoisotopic (exact) mass is 341 g/mol. The van der Waals surface area contributed by atoms with Crippen molar-refractivity contribution in [3.63, 3.8) is 0 Å². The van der Waals surface area contributed by atoms with Crippen molar-refractivity contribution in [1.29, 1.82) is 0 Å². The average molecular weight is 341 g/mol. The van der Waals surface area contributed by atoms with Gasteiger partial charge in [-0.05, 0) is 24.6 Å². The van der Waals surface area contributed by atoms with Crippen LogP contribution in [0.15, 0.2) is 48.5 Å². The van der Waals surface area contributed by atoms with Gasteiger partial charge in [0, 0.05) is 30.3 Å². The van der Waals surface area contributed by atoms with E-state index in [4.69, 9.17) is 0 Å². The fraction of sp³-hybridized carbons (Fsp3) is 0.211. The lowest BCUT2D eigenvalue weighted by Gasteiger charge is -2.12. The Labute approximate surface area is 145 Å². The summed E-state index contributed by atoms with van der Waals surface area (Å²) in [6.07, 6.45) is -0.182. The van der Waals surface area contributed by atoms with Crippen molar-refractivity contribution < 1.29 is 24.2 Å². The molecule has 0 amide bonds. The highest BCUT2D eigenvalue weighted by molar-refractivity contribution is 6.13. The normalized spacial score (nSPS) is 10.0. The van der Waals surface area contributed by atoms with Gasteiger partial charge in [0.15, 0.2) is 5.78 Å². The molecular weight excluding hydrogens is 322 g/mol. The van der Waals surface area contributed by atoms with Crippen LogP contribution in [0, 0.1) is 0 Å². The highest BCUT2D eigenvalue weighted by Crippen LogP contribution is 2.21. The van der Waals surface area contributed by atoms with Crippen LogP contribution in [-0.4, -0.2) is 24.3 Å². The summed E-state index contributed by atoms with van der Waals surface area (Å²) in [7, 11) is 0. The first-order valence-corrected chi connectivity index (χ1v) is 7.86. The first-order valence-electron chi connectivity index (χ1n) is 7.86. The van der Waals surface area contributed by atoms with E-state index in [0.29, 0.717) is 23.2 Å². The summed E-state index contributed by atoms with van der Waals surface area (Å²) in [5, 5.41) is 3.15. The van der Waals surface area contributed by atoms with E-state index >= 15 is 0 Å². The molecule has 0 heterocycles. The lowest BCUT2D eigenvalue weighted by molar-refractivity contribution is -0.256. The maximum Gasteiger partial charge on any atom is 0.359 e. The second-order valence-electron chi connectivity index (χ2n) is 5.27. The summed E-state index contributed by atoms with van der Waals surface area (Å²) >= 11 is 0. The molecule has 0 aliphatic carbocycles. The number of carbonyl (C=O) groups excluding carboxylic acids is 3. The molecule has 0 radical (unpaired) electrons. The molecule has 6 heteroatoms. The van der Waals surface area contributed by atoms with Gasteiger partial charge in [0.2, 0.25) is 0 Å². The molecule has 0 fully saturated rings. The van der Waals surface area contributed by atoms with Crippen molar-refractivity contribution in [1.82, 2.24) is 0 Å². The molecule has 0 spiro atoms. The van der Waals surface area contributed by atoms with Crippen LogP contribution >= 0.6 is 0 Å². The van der Waals surface area contributed by atoms with Gasteiger partial charge in [-0.3, -0.25) is 4.79 Å². The Kier molecular flexibility index (Phi) is 6.28. The summed E-state index contributed by atoms with van der Waals surface area (Å²) in [5.74, 6) is -1.68. The Morgan fingerprint density at radius 1 is 0.920 bits per heavy atom. The molecule has 0 bridgehead atoms. The van der Waals surface area contributed by atoms with Crippen LogP contribution in [0.5, 0.6) is 0 Å². The van der Waals surface area contributed by atoms with Crippen LogP contribution < -0.4 is 5.32 Å². The molecule has 0 aliphatic heterocycles. The van der Waals surface area contributed by atoms with E-state index < -0.39 is 11.9 Å².